The average Bonchev–Trinajstić information content (AvgIpc) is 3.36. The summed E-state index contributed by atoms with van der Waals surface area (Å²) >= 11 is 2.29. The zero-order valence-electron chi connectivity index (χ0n) is 17.7. The topological polar surface area (TPSA) is 114 Å². The number of anilines is 1. The number of methoxy groups -OCH3 is 1. The molecule has 1 aromatic heterocycles. The number of hydrogen-bond donors (Lipinski definition) is 2. The fourth-order valence-corrected chi connectivity index (χ4v) is 3.76. The maximum atomic E-state index is 12.2. The van der Waals surface area contributed by atoms with Crippen LogP contribution >= 0.6 is 11.8 Å². The molecule has 2 heterocycles. The Bertz CT molecular complexity index is 1170. The van der Waals surface area contributed by atoms with Gasteiger partial charge in [0.25, 0.3) is 5.97 Å². The number of carboxylic acids is 1. The molecule has 10 heteroatoms. The summed E-state index contributed by atoms with van der Waals surface area (Å²) in [5.41, 5.74) is 2.35. The minimum absolute atomic E-state index is 0.291. The third-order valence-electron chi connectivity index (χ3n) is 4.11. The van der Waals surface area contributed by atoms with Crippen LogP contribution in [0, 0.1) is 0 Å². The van der Waals surface area contributed by atoms with E-state index in [1.165, 1.54) is 14.6 Å². The fourth-order valence-electron chi connectivity index (χ4n) is 2.61. The molecule has 2 aromatic carbocycles. The van der Waals surface area contributed by atoms with Crippen molar-refractivity contribution in [3.8, 4) is 17.1 Å². The molecule has 0 bridgehead atoms. The number of carbonyl (C=O) groups is 2. The molecule has 0 atom stereocenters. The van der Waals surface area contributed by atoms with Crippen LogP contribution in [-0.2, 0) is 9.59 Å². The minimum Gasteiger partial charge on any atom is -0.0475 e. The van der Waals surface area contributed by atoms with E-state index in [2.05, 4.69) is 27.6 Å². The van der Waals surface area contributed by atoms with E-state index in [-0.39, 0.29) is 5.91 Å². The van der Waals surface area contributed by atoms with Crippen LogP contribution in [0.25, 0.3) is 17.4 Å². The minimum atomic E-state index is -0.833. The first-order valence-electron chi connectivity index (χ1n) is 9.51. The number of amidine groups is 1. The summed E-state index contributed by atoms with van der Waals surface area (Å²) in [6, 6.07) is 17.4. The van der Waals surface area contributed by atoms with E-state index in [0.717, 1.165) is 51.9 Å². The van der Waals surface area contributed by atoms with Gasteiger partial charge in [-0.2, -0.15) is 0 Å². The molecule has 0 spiro atoms. The van der Waals surface area contributed by atoms with Crippen molar-refractivity contribution in [2.45, 2.75) is 6.92 Å². The molecular weight excluding hydrogens is 441 g/mol. The molecule has 1 aliphatic rings. The Balaban J connectivity index is 0.000000668. The molecule has 32 heavy (non-hydrogen) atoms. The molecule has 2 N–H and O–H groups in total. The molecule has 3 aromatic rings. The second kappa shape index (κ2) is 11.1. The van der Waals surface area contributed by atoms with E-state index in [9.17, 15) is 4.79 Å². The molecule has 0 saturated heterocycles. The normalized spacial score (nSPS) is 13.9. The van der Waals surface area contributed by atoms with Gasteiger partial charge in [0.1, 0.15) is 5.75 Å². The third kappa shape index (κ3) is 6.83. The van der Waals surface area contributed by atoms with E-state index in [1.54, 1.807) is 19.3 Å². The van der Waals surface area contributed by atoms with E-state index < -0.39 is 5.97 Å². The summed E-state index contributed by atoms with van der Waals surface area (Å²) in [5, 5.41) is 15.2. The van der Waals surface area contributed by atoms with Gasteiger partial charge in [-0.05, 0) is 24.3 Å². The molecular formula is C22H18N3NaO5S. The molecule has 0 aliphatic carbocycles. The van der Waals surface area contributed by atoms with Crippen molar-refractivity contribution in [3.05, 3.63) is 65.2 Å². The van der Waals surface area contributed by atoms with Crippen LogP contribution in [0.5, 0.6) is 5.75 Å². The Morgan fingerprint density at radius 3 is 2.47 bits per heavy atom. The second-order valence-electron chi connectivity index (χ2n) is 6.69. The Labute approximate surface area is 206 Å². The van der Waals surface area contributed by atoms with E-state index in [0.29, 0.717) is 21.5 Å². The first-order valence-corrected chi connectivity index (χ1v) is 11.3. The molecule has 8 nitrogen and oxygen atoms in total. The summed E-state index contributed by atoms with van der Waals surface area (Å²) in [4.78, 5) is 25.8. The monoisotopic (exact) mass is 459 g/mol. The van der Waals surface area contributed by atoms with Crippen LogP contribution in [0.4, 0.5) is 5.69 Å². The number of aliphatic imine (C=N–C) groups is 1. The summed E-state index contributed by atoms with van der Waals surface area (Å²) in [7, 11) is 1.62. The van der Waals surface area contributed by atoms with E-state index >= 15 is 0 Å². The predicted molar refractivity (Wildman–Crippen MR) is 125 cm³/mol. The first kappa shape index (κ1) is 23.8. The number of nitrogens with one attached hydrogen (secondary N) is 1. The summed E-state index contributed by atoms with van der Waals surface area (Å²) < 4.78 is 11.9. The zero-order valence-corrected chi connectivity index (χ0v) is 20.5. The number of aromatic nitrogens is 1. The van der Waals surface area contributed by atoms with Crippen molar-refractivity contribution >= 4 is 71.3 Å². The van der Waals surface area contributed by atoms with Gasteiger partial charge in [-0.1, -0.05) is 0 Å². The zero-order chi connectivity index (χ0) is 23.1. The van der Waals surface area contributed by atoms with E-state index in [1.807, 2.05) is 36.4 Å². The standard InChI is InChI=1S/C20H14N3O3S.C2H4O2.Na/c1-25-16-9-7-13(8-10-16)17-11-15(23-26-17)12-18-19(24)22-20(27-18)21-14-5-3-2-4-6-14;1-2(3)4;/h3-12H,1H3,(H,21,22,24);1H3,(H,3,4);. The molecule has 158 valence electrons. The molecule has 4 rings (SSSR count). The van der Waals surface area contributed by atoms with Crippen LogP contribution in [0.15, 0.2) is 69.0 Å². The van der Waals surface area contributed by atoms with Crippen molar-refractivity contribution in [1.29, 1.82) is 0 Å². The second-order valence-corrected chi connectivity index (χ2v) is 8.87. The predicted octanol–water partition coefficient (Wildman–Crippen LogP) is 3.32. The number of nitrogens with zero attached hydrogens (tertiary/aromatic N) is 2. The van der Waals surface area contributed by atoms with Gasteiger partial charge >= 0.3 is 137 Å². The molecule has 1 amide bonds. The van der Waals surface area contributed by atoms with Crippen molar-refractivity contribution in [2.75, 3.05) is 12.4 Å². The molecule has 1 aliphatic heterocycles. The maximum absolute atomic E-state index is 12.2. The van der Waals surface area contributed by atoms with E-state index in [4.69, 9.17) is 19.2 Å². The van der Waals surface area contributed by atoms with Crippen molar-refractivity contribution in [2.24, 2.45) is 4.99 Å². The fraction of sp³-hybridized carbons (Fsp3) is 0.0909. The molecule has 0 saturated carbocycles. The van der Waals surface area contributed by atoms with Gasteiger partial charge < -0.3 is 9.84 Å². The van der Waals surface area contributed by atoms with Gasteiger partial charge in [-0.15, -0.1) is 0 Å². The Kier molecular flexibility index (Phi) is 8.29. The van der Waals surface area contributed by atoms with Gasteiger partial charge in [0, 0.05) is 12.5 Å². The number of rotatable bonds is 4. The van der Waals surface area contributed by atoms with Crippen molar-refractivity contribution in [3.63, 3.8) is 0 Å². The Morgan fingerprint density at radius 1 is 1.19 bits per heavy atom. The Morgan fingerprint density at radius 2 is 1.84 bits per heavy atom. The van der Waals surface area contributed by atoms with Crippen molar-refractivity contribution in [1.82, 2.24) is 5.16 Å². The number of hydrogen-bond acceptors (Lipinski definition) is 7. The molecule has 0 unspecified atom stereocenters. The number of carbonyl (C=O) groups excluding carboxylic acids is 1. The van der Waals surface area contributed by atoms with Gasteiger partial charge in [0.05, 0.1) is 7.11 Å². The van der Waals surface area contributed by atoms with Crippen molar-refractivity contribution < 1.29 is 24.0 Å². The van der Waals surface area contributed by atoms with Gasteiger partial charge in [-0.25, -0.2) is 0 Å². The summed E-state index contributed by atoms with van der Waals surface area (Å²) in [5.74, 6) is 0.264. The smallest absolute Gasteiger partial charge is 0.0475 e. The van der Waals surface area contributed by atoms with Crippen LogP contribution in [0.2, 0.25) is 0 Å². The number of amides is 1. The van der Waals surface area contributed by atoms with Crippen LogP contribution in [0.3, 0.4) is 0 Å². The van der Waals surface area contributed by atoms with Gasteiger partial charge in [-0.3, -0.25) is 4.79 Å². The van der Waals surface area contributed by atoms with Crippen LogP contribution in [0.1, 0.15) is 12.6 Å². The quantitative estimate of drug-likeness (QED) is 0.451. The van der Waals surface area contributed by atoms with Crippen LogP contribution < -0.4 is 12.9 Å². The molecule has 0 fully saturated rings. The molecule has 0 radical (unpaired) electrons. The summed E-state index contributed by atoms with van der Waals surface area (Å²) in [6.45, 7) is 1.08. The number of carboxylic acid groups (broad SMARTS) is 1. The summed E-state index contributed by atoms with van der Waals surface area (Å²) in [6.07, 6.45) is 1.68. The van der Waals surface area contributed by atoms with Gasteiger partial charge in [0.2, 0.25) is 0 Å². The number of aliphatic carboxylic acids is 1. The number of ether oxygens (including phenoxy) is 1. The van der Waals surface area contributed by atoms with Gasteiger partial charge in [0.15, 0.2) is 0 Å². The number of thioether (sulfide) groups is 1. The van der Waals surface area contributed by atoms with Crippen LogP contribution in [-0.4, -0.2) is 62.3 Å². The number of benzene rings is 2. The third-order valence-corrected chi connectivity index (χ3v) is 5.67. The Hall–Kier alpha value is -2.85. The first-order chi connectivity index (χ1) is 15.3. The average molecular weight is 459 g/mol. The SMILES string of the molecule is CC(=O)O.COc1ccc(-c2cc(C=C3SC(Nc4cc[c]([Na])cc4)=NC3=O)no2)cc1.